The van der Waals surface area contributed by atoms with Gasteiger partial charge in [0.1, 0.15) is 0 Å². The number of nitrogens with zero attached hydrogens (tertiary/aromatic N) is 2. The summed E-state index contributed by atoms with van der Waals surface area (Å²) >= 11 is 0.925. The Morgan fingerprint density at radius 2 is 2.30 bits per heavy atom. The molecule has 0 spiro atoms. The molecule has 1 aliphatic heterocycles. The largest absolute Gasteiger partial charge is 0.481 e. The van der Waals surface area contributed by atoms with E-state index >= 15 is 0 Å². The second-order valence-electron chi connectivity index (χ2n) is 5.44. The fraction of sp³-hybridized carbons (Fsp3) is 0.667. The number of aromatic nitrogens is 1. The first-order valence-corrected chi connectivity index (χ1v) is 7.22. The molecule has 8 heteroatoms. The zero-order valence-electron chi connectivity index (χ0n) is 10.5. The number of carboxylic acids is 1. The van der Waals surface area contributed by atoms with Crippen molar-refractivity contribution in [2.75, 3.05) is 18.0 Å². The van der Waals surface area contributed by atoms with Crippen LogP contribution in [0.5, 0.6) is 0 Å². The summed E-state index contributed by atoms with van der Waals surface area (Å²) < 4.78 is 37.7. The van der Waals surface area contributed by atoms with Crippen molar-refractivity contribution in [1.29, 1.82) is 0 Å². The van der Waals surface area contributed by atoms with E-state index in [-0.39, 0.29) is 17.6 Å². The van der Waals surface area contributed by atoms with E-state index in [1.165, 1.54) is 0 Å². The molecule has 0 amide bonds. The van der Waals surface area contributed by atoms with Gasteiger partial charge < -0.3 is 10.0 Å². The third-order valence-electron chi connectivity index (χ3n) is 4.35. The number of hydrogen-bond acceptors (Lipinski definition) is 4. The van der Waals surface area contributed by atoms with E-state index in [0.717, 1.165) is 29.6 Å². The summed E-state index contributed by atoms with van der Waals surface area (Å²) in [7, 11) is 0. The first-order chi connectivity index (χ1) is 9.33. The van der Waals surface area contributed by atoms with Crippen LogP contribution in [0.4, 0.5) is 18.3 Å². The van der Waals surface area contributed by atoms with Crippen molar-refractivity contribution in [2.24, 2.45) is 11.3 Å². The molecule has 0 bridgehead atoms. The zero-order valence-corrected chi connectivity index (χ0v) is 11.3. The Labute approximate surface area is 117 Å². The number of thiazole rings is 1. The Bertz CT molecular complexity index is 545. The average molecular weight is 306 g/mol. The van der Waals surface area contributed by atoms with E-state index in [0.29, 0.717) is 13.0 Å². The molecule has 20 heavy (non-hydrogen) atoms. The highest BCUT2D eigenvalue weighted by Crippen LogP contribution is 2.50. The van der Waals surface area contributed by atoms with Gasteiger partial charge in [0.25, 0.3) is 0 Å². The quantitative estimate of drug-likeness (QED) is 0.913. The summed E-state index contributed by atoms with van der Waals surface area (Å²) in [6.07, 6.45) is -2.16. The number of hydrogen-bond donors (Lipinski definition) is 1. The Kier molecular flexibility index (Phi) is 2.97. The van der Waals surface area contributed by atoms with Gasteiger partial charge in [-0.15, -0.1) is 11.3 Å². The van der Waals surface area contributed by atoms with Crippen LogP contribution in [-0.2, 0) is 11.0 Å². The Morgan fingerprint density at radius 3 is 2.85 bits per heavy atom. The normalized spacial score (nSPS) is 29.8. The zero-order chi connectivity index (χ0) is 14.5. The molecule has 3 rings (SSSR count). The van der Waals surface area contributed by atoms with Crippen LogP contribution in [0.2, 0.25) is 0 Å². The number of carbonyl (C=O) groups is 1. The van der Waals surface area contributed by atoms with Crippen LogP contribution < -0.4 is 4.90 Å². The highest BCUT2D eigenvalue weighted by molar-refractivity contribution is 7.13. The summed E-state index contributed by atoms with van der Waals surface area (Å²) in [5.41, 5.74) is -1.71. The minimum Gasteiger partial charge on any atom is -0.481 e. The first-order valence-electron chi connectivity index (χ1n) is 6.34. The van der Waals surface area contributed by atoms with E-state index in [2.05, 4.69) is 4.98 Å². The van der Waals surface area contributed by atoms with E-state index in [1.54, 1.807) is 4.90 Å². The van der Waals surface area contributed by atoms with Gasteiger partial charge >= 0.3 is 12.1 Å². The SMILES string of the molecule is O=C(O)[C@@]12CCC[C@H]1CN(c1nc(C(F)(F)F)cs1)C2. The fourth-order valence-electron chi connectivity index (χ4n) is 3.32. The number of anilines is 1. The van der Waals surface area contributed by atoms with Crippen molar-refractivity contribution < 1.29 is 23.1 Å². The molecule has 1 aromatic heterocycles. The number of halogens is 3. The van der Waals surface area contributed by atoms with Gasteiger partial charge in [-0.25, -0.2) is 4.98 Å². The van der Waals surface area contributed by atoms with E-state index in [9.17, 15) is 23.1 Å². The lowest BCUT2D eigenvalue weighted by Gasteiger charge is -2.23. The van der Waals surface area contributed by atoms with Crippen LogP contribution in [0.25, 0.3) is 0 Å². The van der Waals surface area contributed by atoms with Crippen molar-refractivity contribution in [1.82, 2.24) is 4.98 Å². The number of rotatable bonds is 2. The number of carboxylic acid groups (broad SMARTS) is 1. The van der Waals surface area contributed by atoms with Crippen LogP contribution >= 0.6 is 11.3 Å². The molecule has 110 valence electrons. The first kappa shape index (κ1) is 13.7. The molecule has 1 saturated carbocycles. The molecule has 2 atom stereocenters. The Morgan fingerprint density at radius 1 is 1.55 bits per heavy atom. The lowest BCUT2D eigenvalue weighted by molar-refractivity contribution is -0.149. The van der Waals surface area contributed by atoms with Crippen molar-refractivity contribution in [2.45, 2.75) is 25.4 Å². The second-order valence-corrected chi connectivity index (χ2v) is 6.28. The third-order valence-corrected chi connectivity index (χ3v) is 5.25. The van der Waals surface area contributed by atoms with Crippen molar-refractivity contribution in [3.63, 3.8) is 0 Å². The summed E-state index contributed by atoms with van der Waals surface area (Å²) in [4.78, 5) is 16.8. The Hall–Kier alpha value is -1.31. The van der Waals surface area contributed by atoms with Gasteiger partial charge in [0.15, 0.2) is 10.8 Å². The second kappa shape index (κ2) is 4.34. The summed E-state index contributed by atoms with van der Waals surface area (Å²) in [6.45, 7) is 0.745. The molecule has 1 N–H and O–H groups in total. The van der Waals surface area contributed by atoms with Crippen LogP contribution in [0.15, 0.2) is 5.38 Å². The van der Waals surface area contributed by atoms with Crippen molar-refractivity contribution in [3.8, 4) is 0 Å². The predicted molar refractivity (Wildman–Crippen MR) is 66.7 cm³/mol. The number of alkyl halides is 3. The molecule has 1 saturated heterocycles. The maximum absolute atomic E-state index is 12.6. The van der Waals surface area contributed by atoms with Gasteiger partial charge in [0.05, 0.1) is 5.41 Å². The monoisotopic (exact) mass is 306 g/mol. The lowest BCUT2D eigenvalue weighted by atomic mass is 9.81. The maximum atomic E-state index is 12.6. The van der Waals surface area contributed by atoms with Gasteiger partial charge in [-0.3, -0.25) is 4.79 Å². The molecule has 4 nitrogen and oxygen atoms in total. The molecule has 0 aromatic carbocycles. The topological polar surface area (TPSA) is 53.4 Å². The van der Waals surface area contributed by atoms with Gasteiger partial charge in [-0.05, 0) is 18.8 Å². The van der Waals surface area contributed by atoms with Crippen LogP contribution in [0.1, 0.15) is 25.0 Å². The van der Waals surface area contributed by atoms with Gasteiger partial charge in [-0.2, -0.15) is 13.2 Å². The molecule has 1 aromatic rings. The van der Waals surface area contributed by atoms with Crippen LogP contribution in [0.3, 0.4) is 0 Å². The molecule has 1 aliphatic carbocycles. The molecule has 0 unspecified atom stereocenters. The molecular formula is C12H13F3N2O2S. The van der Waals surface area contributed by atoms with Gasteiger partial charge in [-0.1, -0.05) is 6.42 Å². The minimum atomic E-state index is -4.45. The molecule has 2 aliphatic rings. The van der Waals surface area contributed by atoms with Crippen molar-refractivity contribution >= 4 is 22.4 Å². The third kappa shape index (κ3) is 1.97. The number of fused-ring (bicyclic) bond motifs is 1. The molecular weight excluding hydrogens is 293 g/mol. The molecule has 2 fully saturated rings. The lowest BCUT2D eigenvalue weighted by Crippen LogP contribution is -2.35. The molecule has 0 radical (unpaired) electrons. The summed E-state index contributed by atoms with van der Waals surface area (Å²) in [5, 5.41) is 10.7. The summed E-state index contributed by atoms with van der Waals surface area (Å²) in [5.74, 6) is -0.826. The summed E-state index contributed by atoms with van der Waals surface area (Å²) in [6, 6.07) is 0. The highest BCUT2D eigenvalue weighted by atomic mass is 32.1. The van der Waals surface area contributed by atoms with E-state index < -0.39 is 23.3 Å². The van der Waals surface area contributed by atoms with Crippen molar-refractivity contribution in [3.05, 3.63) is 11.1 Å². The Balaban J connectivity index is 1.84. The standard InChI is InChI=1S/C12H13F3N2O2S/c13-12(14,15)8-5-20-10(16-8)17-4-7-2-1-3-11(7,6-17)9(18)19/h5,7H,1-4,6H2,(H,18,19)/t7-,11+/m0/s1. The van der Waals surface area contributed by atoms with Gasteiger partial charge in [0.2, 0.25) is 0 Å². The van der Waals surface area contributed by atoms with E-state index in [4.69, 9.17) is 0 Å². The average Bonchev–Trinajstić information content (AvgIpc) is 3.00. The highest BCUT2D eigenvalue weighted by Gasteiger charge is 2.55. The minimum absolute atomic E-state index is 0.0123. The maximum Gasteiger partial charge on any atom is 0.434 e. The van der Waals surface area contributed by atoms with Gasteiger partial charge in [0, 0.05) is 18.5 Å². The van der Waals surface area contributed by atoms with E-state index in [1.807, 2.05) is 0 Å². The predicted octanol–water partition coefficient (Wildman–Crippen LogP) is 2.85. The fourth-order valence-corrected chi connectivity index (χ4v) is 4.17. The van der Waals surface area contributed by atoms with Crippen LogP contribution in [0, 0.1) is 11.3 Å². The molecule has 2 heterocycles. The van der Waals surface area contributed by atoms with Crippen LogP contribution in [-0.4, -0.2) is 29.1 Å². The number of aliphatic carboxylic acids is 1. The smallest absolute Gasteiger partial charge is 0.434 e.